The fourth-order valence-corrected chi connectivity index (χ4v) is 2.23. The summed E-state index contributed by atoms with van der Waals surface area (Å²) in [4.78, 5) is 18.0. The van der Waals surface area contributed by atoms with Crippen molar-refractivity contribution in [1.82, 2.24) is 4.98 Å². The largest absolute Gasteiger partial charge is 0.497 e. The lowest BCUT2D eigenvalue weighted by molar-refractivity contribution is -0.117. The smallest absolute Gasteiger partial charge is 0.231 e. The van der Waals surface area contributed by atoms with Crippen molar-refractivity contribution < 1.29 is 14.3 Å². The highest BCUT2D eigenvalue weighted by atomic mass is 35.5. The maximum atomic E-state index is 12.4. The quantitative estimate of drug-likeness (QED) is 0.850. The molecule has 1 heterocycles. The first-order valence-electron chi connectivity index (χ1n) is 6.62. The first kappa shape index (κ1) is 16.1. The van der Waals surface area contributed by atoms with Gasteiger partial charge in [0.1, 0.15) is 11.5 Å². The number of rotatable bonds is 5. The number of ether oxygens (including phenoxy) is 2. The first-order chi connectivity index (χ1) is 10.5. The van der Waals surface area contributed by atoms with Crippen molar-refractivity contribution in [2.24, 2.45) is 0 Å². The second-order valence-electron chi connectivity index (χ2n) is 4.71. The van der Waals surface area contributed by atoms with Crippen molar-refractivity contribution in [2.75, 3.05) is 26.2 Å². The van der Waals surface area contributed by atoms with Gasteiger partial charge in [-0.3, -0.25) is 9.78 Å². The van der Waals surface area contributed by atoms with E-state index in [4.69, 9.17) is 21.1 Å². The van der Waals surface area contributed by atoms with Crippen LogP contribution in [-0.2, 0) is 11.2 Å². The Hall–Kier alpha value is -2.27. The third-order valence-corrected chi connectivity index (χ3v) is 3.44. The van der Waals surface area contributed by atoms with Crippen molar-refractivity contribution in [3.05, 3.63) is 47.2 Å². The normalized spacial score (nSPS) is 10.2. The number of carbonyl (C=O) groups excluding carboxylic acids is 1. The number of carbonyl (C=O) groups is 1. The Kier molecular flexibility index (Phi) is 5.22. The second-order valence-corrected chi connectivity index (χ2v) is 5.15. The molecule has 22 heavy (non-hydrogen) atoms. The van der Waals surface area contributed by atoms with Crippen LogP contribution >= 0.6 is 11.6 Å². The molecule has 6 heteroatoms. The fourth-order valence-electron chi connectivity index (χ4n) is 1.98. The maximum Gasteiger partial charge on any atom is 0.231 e. The number of benzene rings is 1. The van der Waals surface area contributed by atoms with E-state index in [2.05, 4.69) is 4.98 Å². The molecule has 0 saturated carbocycles. The molecule has 0 fully saturated rings. The molecule has 0 saturated heterocycles. The standard InChI is InChI=1S/C16H17ClN2O3/c1-19(13-8-15(22-3)10-18-9-13)16(20)6-11-4-12(17)7-14(5-11)21-2/h4-5,7-10H,6H2,1-3H3. The molecule has 0 aliphatic carbocycles. The number of methoxy groups -OCH3 is 2. The first-order valence-corrected chi connectivity index (χ1v) is 7.00. The molecule has 0 atom stereocenters. The van der Waals surface area contributed by atoms with Gasteiger partial charge in [-0.25, -0.2) is 0 Å². The summed E-state index contributed by atoms with van der Waals surface area (Å²) in [7, 11) is 4.81. The number of hydrogen-bond donors (Lipinski definition) is 0. The second kappa shape index (κ2) is 7.13. The highest BCUT2D eigenvalue weighted by Gasteiger charge is 2.14. The van der Waals surface area contributed by atoms with E-state index < -0.39 is 0 Å². The van der Waals surface area contributed by atoms with E-state index in [0.29, 0.717) is 22.2 Å². The van der Waals surface area contributed by atoms with E-state index in [9.17, 15) is 4.79 Å². The van der Waals surface area contributed by atoms with Gasteiger partial charge in [0.2, 0.25) is 5.91 Å². The van der Waals surface area contributed by atoms with E-state index in [0.717, 1.165) is 5.56 Å². The summed E-state index contributed by atoms with van der Waals surface area (Å²) in [5, 5.41) is 0.535. The van der Waals surface area contributed by atoms with Crippen LogP contribution in [0.5, 0.6) is 11.5 Å². The Morgan fingerprint density at radius 3 is 2.55 bits per heavy atom. The summed E-state index contributed by atoms with van der Waals surface area (Å²) < 4.78 is 10.3. The molecule has 0 radical (unpaired) electrons. The Labute approximate surface area is 134 Å². The number of aromatic nitrogens is 1. The highest BCUT2D eigenvalue weighted by molar-refractivity contribution is 6.30. The highest BCUT2D eigenvalue weighted by Crippen LogP contribution is 2.23. The molecule has 0 N–H and O–H groups in total. The van der Waals surface area contributed by atoms with E-state index in [-0.39, 0.29) is 12.3 Å². The van der Waals surface area contributed by atoms with E-state index >= 15 is 0 Å². The lowest BCUT2D eigenvalue weighted by Gasteiger charge is -2.18. The summed E-state index contributed by atoms with van der Waals surface area (Å²) in [5.41, 5.74) is 1.45. The van der Waals surface area contributed by atoms with Crippen molar-refractivity contribution in [3.8, 4) is 11.5 Å². The summed E-state index contributed by atoms with van der Waals surface area (Å²) in [6.07, 6.45) is 3.41. The van der Waals surface area contributed by atoms with Crippen molar-refractivity contribution in [3.63, 3.8) is 0 Å². The molecular formula is C16H17ClN2O3. The van der Waals surface area contributed by atoms with Gasteiger partial charge in [-0.15, -0.1) is 0 Å². The van der Waals surface area contributed by atoms with Crippen molar-refractivity contribution >= 4 is 23.2 Å². The number of hydrogen-bond acceptors (Lipinski definition) is 4. The van der Waals surface area contributed by atoms with Crippen molar-refractivity contribution in [2.45, 2.75) is 6.42 Å². The molecule has 1 aromatic carbocycles. The van der Waals surface area contributed by atoms with Crippen LogP contribution in [0.15, 0.2) is 36.7 Å². The fraction of sp³-hybridized carbons (Fsp3) is 0.250. The number of pyridine rings is 1. The molecule has 5 nitrogen and oxygen atoms in total. The molecule has 1 aromatic heterocycles. The van der Waals surface area contributed by atoms with Gasteiger partial charge in [0, 0.05) is 18.1 Å². The average molecular weight is 321 g/mol. The summed E-state index contributed by atoms with van der Waals surface area (Å²) >= 11 is 6.02. The van der Waals surface area contributed by atoms with E-state index in [1.807, 2.05) is 0 Å². The molecule has 0 unspecified atom stereocenters. The van der Waals surface area contributed by atoms with E-state index in [1.165, 1.54) is 4.90 Å². The lowest BCUT2D eigenvalue weighted by Crippen LogP contribution is -2.28. The monoisotopic (exact) mass is 320 g/mol. The molecule has 0 aliphatic rings. The van der Waals surface area contributed by atoms with Gasteiger partial charge in [0.25, 0.3) is 0 Å². The SMILES string of the molecule is COc1cc(Cl)cc(CC(=O)N(C)c2cncc(OC)c2)c1. The molecule has 2 rings (SSSR count). The number of anilines is 1. The summed E-state index contributed by atoms with van der Waals surface area (Å²) in [5.74, 6) is 1.14. The third kappa shape index (κ3) is 3.89. The molecule has 116 valence electrons. The third-order valence-electron chi connectivity index (χ3n) is 3.22. The molecule has 0 spiro atoms. The van der Waals surface area contributed by atoms with Gasteiger partial charge in [-0.05, 0) is 23.8 Å². The zero-order chi connectivity index (χ0) is 16.1. The van der Waals surface area contributed by atoms with Crippen molar-refractivity contribution in [1.29, 1.82) is 0 Å². The minimum atomic E-state index is -0.0839. The Morgan fingerprint density at radius 2 is 1.86 bits per heavy atom. The minimum Gasteiger partial charge on any atom is -0.497 e. The summed E-state index contributed by atoms with van der Waals surface area (Å²) in [6.45, 7) is 0. The summed E-state index contributed by atoms with van der Waals surface area (Å²) in [6, 6.07) is 7.00. The zero-order valence-electron chi connectivity index (χ0n) is 12.7. The van der Waals surface area contributed by atoms with Gasteiger partial charge < -0.3 is 14.4 Å². The Balaban J connectivity index is 2.15. The van der Waals surface area contributed by atoms with Crippen LogP contribution in [0.3, 0.4) is 0 Å². The number of halogens is 1. The van der Waals surface area contributed by atoms with Gasteiger partial charge in [-0.2, -0.15) is 0 Å². The molecule has 0 bridgehead atoms. The number of likely N-dealkylation sites (N-methyl/N-ethyl adjacent to an activating group) is 1. The van der Waals surface area contributed by atoms with Crippen LogP contribution < -0.4 is 14.4 Å². The van der Waals surface area contributed by atoms with Crippen LogP contribution in [0, 0.1) is 0 Å². The number of nitrogens with zero attached hydrogens (tertiary/aromatic N) is 2. The van der Waals surface area contributed by atoms with Crippen LogP contribution in [0.25, 0.3) is 0 Å². The predicted octanol–water partition coefficient (Wildman–Crippen LogP) is 2.96. The average Bonchev–Trinajstić information content (AvgIpc) is 2.53. The topological polar surface area (TPSA) is 51.7 Å². The minimum absolute atomic E-state index is 0.0839. The zero-order valence-corrected chi connectivity index (χ0v) is 13.4. The molecule has 1 amide bonds. The molecule has 2 aromatic rings. The molecule has 0 aliphatic heterocycles. The number of amides is 1. The van der Waals surface area contributed by atoms with Crippen LogP contribution in [-0.4, -0.2) is 32.2 Å². The Morgan fingerprint density at radius 1 is 1.14 bits per heavy atom. The Bertz CT molecular complexity index is 676. The maximum absolute atomic E-state index is 12.4. The predicted molar refractivity (Wildman–Crippen MR) is 85.9 cm³/mol. The van der Waals surface area contributed by atoms with Crippen LogP contribution in [0.2, 0.25) is 5.02 Å². The van der Waals surface area contributed by atoms with E-state index in [1.54, 1.807) is 57.9 Å². The van der Waals surface area contributed by atoms with Gasteiger partial charge in [0.05, 0.1) is 38.7 Å². The lowest BCUT2D eigenvalue weighted by atomic mass is 10.1. The van der Waals surface area contributed by atoms with Gasteiger partial charge in [0.15, 0.2) is 0 Å². The van der Waals surface area contributed by atoms with Crippen LogP contribution in [0.1, 0.15) is 5.56 Å². The van der Waals surface area contributed by atoms with Gasteiger partial charge in [-0.1, -0.05) is 11.6 Å². The molecular weight excluding hydrogens is 304 g/mol. The van der Waals surface area contributed by atoms with Gasteiger partial charge >= 0.3 is 0 Å². The van der Waals surface area contributed by atoms with Crippen LogP contribution in [0.4, 0.5) is 5.69 Å².